The van der Waals surface area contributed by atoms with Crippen LogP contribution in [0.5, 0.6) is 0 Å². The fourth-order valence-electron chi connectivity index (χ4n) is 1.84. The molecule has 0 aliphatic rings. The third kappa shape index (κ3) is 3.52. The number of aromatic nitrogens is 1. The van der Waals surface area contributed by atoms with Crippen LogP contribution >= 0.6 is 15.9 Å². The predicted octanol–water partition coefficient (Wildman–Crippen LogP) is 3.22. The zero-order chi connectivity index (χ0) is 15.4. The molecule has 0 fully saturated rings. The van der Waals surface area contributed by atoms with Crippen molar-refractivity contribution in [2.75, 3.05) is 11.9 Å². The lowest BCUT2D eigenvalue weighted by Crippen LogP contribution is -2.16. The average molecular weight is 351 g/mol. The summed E-state index contributed by atoms with van der Waals surface area (Å²) >= 11 is 3.35. The van der Waals surface area contributed by atoms with Crippen LogP contribution in [-0.2, 0) is 11.8 Å². The molecule has 2 rings (SSSR count). The van der Waals surface area contributed by atoms with E-state index in [9.17, 15) is 9.59 Å². The number of anilines is 1. The van der Waals surface area contributed by atoms with Crippen molar-refractivity contribution >= 4 is 33.5 Å². The molecule has 2 aromatic rings. The molecule has 0 saturated heterocycles. The van der Waals surface area contributed by atoms with Crippen molar-refractivity contribution in [3.63, 3.8) is 0 Å². The molecule has 0 bridgehead atoms. The van der Waals surface area contributed by atoms with Gasteiger partial charge in [-0.05, 0) is 53.2 Å². The number of halogens is 1. The summed E-state index contributed by atoms with van der Waals surface area (Å²) in [5.74, 6) is -0.606. The molecule has 0 saturated carbocycles. The number of aryl methyl sites for hydroxylation is 1. The van der Waals surface area contributed by atoms with Crippen molar-refractivity contribution in [1.82, 2.24) is 4.57 Å². The number of hydrogen-bond acceptors (Lipinski definition) is 3. The Morgan fingerprint density at radius 3 is 2.67 bits per heavy atom. The first-order valence-corrected chi connectivity index (χ1v) is 7.21. The van der Waals surface area contributed by atoms with Gasteiger partial charge in [0, 0.05) is 17.7 Å². The SMILES string of the molecule is CCOC(=O)c1ccc(NC(=O)c2cccn2C)c(Br)c1. The van der Waals surface area contributed by atoms with Crippen LogP contribution in [-0.4, -0.2) is 23.1 Å². The van der Waals surface area contributed by atoms with E-state index in [2.05, 4.69) is 21.2 Å². The van der Waals surface area contributed by atoms with E-state index in [0.29, 0.717) is 28.0 Å². The molecule has 0 spiro atoms. The van der Waals surface area contributed by atoms with Crippen LogP contribution in [0.15, 0.2) is 41.0 Å². The van der Waals surface area contributed by atoms with E-state index >= 15 is 0 Å². The van der Waals surface area contributed by atoms with Crippen molar-refractivity contribution in [2.24, 2.45) is 7.05 Å². The molecule has 1 heterocycles. The molecule has 110 valence electrons. The number of hydrogen-bond donors (Lipinski definition) is 1. The summed E-state index contributed by atoms with van der Waals surface area (Å²) < 4.78 is 7.28. The summed E-state index contributed by atoms with van der Waals surface area (Å²) in [4.78, 5) is 23.8. The number of carbonyl (C=O) groups excluding carboxylic acids is 2. The Balaban J connectivity index is 2.16. The van der Waals surface area contributed by atoms with Gasteiger partial charge in [0.25, 0.3) is 5.91 Å². The van der Waals surface area contributed by atoms with Crippen molar-refractivity contribution in [3.05, 3.63) is 52.3 Å². The second-order valence-corrected chi connectivity index (χ2v) is 5.23. The number of esters is 1. The van der Waals surface area contributed by atoms with Crippen molar-refractivity contribution in [2.45, 2.75) is 6.92 Å². The minimum Gasteiger partial charge on any atom is -0.462 e. The topological polar surface area (TPSA) is 60.3 Å². The summed E-state index contributed by atoms with van der Waals surface area (Å²) in [6.45, 7) is 2.07. The molecule has 0 aliphatic heterocycles. The molecule has 6 heteroatoms. The molecular weight excluding hydrogens is 336 g/mol. The van der Waals surface area contributed by atoms with Gasteiger partial charge in [-0.15, -0.1) is 0 Å². The van der Waals surface area contributed by atoms with E-state index < -0.39 is 5.97 Å². The quantitative estimate of drug-likeness (QED) is 0.861. The second kappa shape index (κ2) is 6.58. The number of carbonyl (C=O) groups is 2. The van der Waals surface area contributed by atoms with Crippen molar-refractivity contribution < 1.29 is 14.3 Å². The summed E-state index contributed by atoms with van der Waals surface area (Å²) in [6.07, 6.45) is 1.80. The molecule has 0 unspecified atom stereocenters. The molecule has 1 aromatic heterocycles. The maximum atomic E-state index is 12.1. The van der Waals surface area contributed by atoms with Crippen LogP contribution in [0.25, 0.3) is 0 Å². The smallest absolute Gasteiger partial charge is 0.338 e. The highest BCUT2D eigenvalue weighted by Gasteiger charge is 2.13. The third-order valence-corrected chi connectivity index (χ3v) is 3.56. The second-order valence-electron chi connectivity index (χ2n) is 4.37. The summed E-state index contributed by atoms with van der Waals surface area (Å²) in [6, 6.07) is 8.43. The Morgan fingerprint density at radius 2 is 2.10 bits per heavy atom. The van der Waals surface area contributed by atoms with E-state index in [1.807, 2.05) is 0 Å². The van der Waals surface area contributed by atoms with Gasteiger partial charge >= 0.3 is 5.97 Å². The molecule has 0 aliphatic carbocycles. The van der Waals surface area contributed by atoms with Gasteiger partial charge in [0.05, 0.1) is 17.9 Å². The normalized spacial score (nSPS) is 10.2. The lowest BCUT2D eigenvalue weighted by molar-refractivity contribution is 0.0526. The first kappa shape index (κ1) is 15.3. The van der Waals surface area contributed by atoms with Crippen molar-refractivity contribution in [1.29, 1.82) is 0 Å². The molecular formula is C15H15BrN2O3. The standard InChI is InChI=1S/C15H15BrN2O3/c1-3-21-15(20)10-6-7-12(11(16)9-10)17-14(19)13-5-4-8-18(13)2/h4-9H,3H2,1-2H3,(H,17,19). The van der Waals surface area contributed by atoms with Gasteiger partial charge < -0.3 is 14.6 Å². The zero-order valence-electron chi connectivity index (χ0n) is 11.7. The molecule has 0 atom stereocenters. The summed E-state index contributed by atoms with van der Waals surface area (Å²) in [5.41, 5.74) is 1.58. The first-order chi connectivity index (χ1) is 10.0. The highest BCUT2D eigenvalue weighted by Crippen LogP contribution is 2.24. The van der Waals surface area contributed by atoms with E-state index in [1.54, 1.807) is 55.1 Å². The number of amides is 1. The Labute approximate surface area is 131 Å². The van der Waals surface area contributed by atoms with E-state index in [1.165, 1.54) is 0 Å². The number of rotatable bonds is 4. The van der Waals surface area contributed by atoms with Crippen LogP contribution in [0.4, 0.5) is 5.69 Å². The minimum absolute atomic E-state index is 0.216. The molecule has 5 nitrogen and oxygen atoms in total. The maximum absolute atomic E-state index is 12.1. The average Bonchev–Trinajstić information content (AvgIpc) is 2.87. The van der Waals surface area contributed by atoms with Gasteiger partial charge in [-0.25, -0.2) is 4.79 Å². The van der Waals surface area contributed by atoms with E-state index in [-0.39, 0.29) is 5.91 Å². The van der Waals surface area contributed by atoms with Crippen LogP contribution in [0.2, 0.25) is 0 Å². The Morgan fingerprint density at radius 1 is 1.33 bits per heavy atom. The fourth-order valence-corrected chi connectivity index (χ4v) is 2.32. The molecule has 1 amide bonds. The Kier molecular flexibility index (Phi) is 4.80. The molecule has 21 heavy (non-hydrogen) atoms. The van der Waals surface area contributed by atoms with E-state index in [4.69, 9.17) is 4.74 Å². The number of benzene rings is 1. The monoisotopic (exact) mass is 350 g/mol. The van der Waals surface area contributed by atoms with Gasteiger partial charge in [-0.3, -0.25) is 4.79 Å². The third-order valence-electron chi connectivity index (χ3n) is 2.90. The molecule has 1 aromatic carbocycles. The van der Waals surface area contributed by atoms with Gasteiger partial charge in [0.2, 0.25) is 0 Å². The largest absolute Gasteiger partial charge is 0.462 e. The molecule has 0 radical (unpaired) electrons. The van der Waals surface area contributed by atoms with Crippen molar-refractivity contribution in [3.8, 4) is 0 Å². The first-order valence-electron chi connectivity index (χ1n) is 6.42. The predicted molar refractivity (Wildman–Crippen MR) is 83.5 cm³/mol. The number of nitrogens with one attached hydrogen (secondary N) is 1. The summed E-state index contributed by atoms with van der Waals surface area (Å²) in [7, 11) is 1.80. The summed E-state index contributed by atoms with van der Waals surface area (Å²) in [5, 5.41) is 2.79. The molecule has 1 N–H and O–H groups in total. The fraction of sp³-hybridized carbons (Fsp3) is 0.200. The minimum atomic E-state index is -0.390. The number of nitrogens with zero attached hydrogens (tertiary/aromatic N) is 1. The van der Waals surface area contributed by atoms with Gasteiger partial charge in [0.1, 0.15) is 5.69 Å². The van der Waals surface area contributed by atoms with Crippen LogP contribution < -0.4 is 5.32 Å². The van der Waals surface area contributed by atoms with Crippen LogP contribution in [0.3, 0.4) is 0 Å². The van der Waals surface area contributed by atoms with E-state index in [0.717, 1.165) is 0 Å². The number of ether oxygens (including phenoxy) is 1. The van der Waals surface area contributed by atoms with Crippen LogP contribution in [0.1, 0.15) is 27.8 Å². The lowest BCUT2D eigenvalue weighted by atomic mass is 10.2. The van der Waals surface area contributed by atoms with Gasteiger partial charge in [-0.2, -0.15) is 0 Å². The Bertz CT molecular complexity index is 679. The zero-order valence-corrected chi connectivity index (χ0v) is 13.3. The van der Waals surface area contributed by atoms with Crippen LogP contribution in [0, 0.1) is 0 Å². The Hall–Kier alpha value is -2.08. The lowest BCUT2D eigenvalue weighted by Gasteiger charge is -2.09. The highest BCUT2D eigenvalue weighted by atomic mass is 79.9. The van der Waals surface area contributed by atoms with Gasteiger partial charge in [-0.1, -0.05) is 0 Å². The highest BCUT2D eigenvalue weighted by molar-refractivity contribution is 9.10. The maximum Gasteiger partial charge on any atom is 0.338 e. The van der Waals surface area contributed by atoms with Gasteiger partial charge in [0.15, 0.2) is 0 Å².